The normalized spacial score (nSPS) is 21.3. The molecule has 1 amide bonds. The molecule has 0 saturated carbocycles. The summed E-state index contributed by atoms with van der Waals surface area (Å²) in [4.78, 5) is 14.4. The van der Waals surface area contributed by atoms with Crippen molar-refractivity contribution in [3.8, 4) is 0 Å². The molecule has 3 N–H and O–H groups in total. The van der Waals surface area contributed by atoms with Crippen LogP contribution in [0.15, 0.2) is 24.3 Å². The number of likely N-dealkylation sites (N-methyl/N-ethyl adjacent to an activating group) is 1. The molecule has 116 valence electrons. The summed E-state index contributed by atoms with van der Waals surface area (Å²) >= 11 is 0. The van der Waals surface area contributed by atoms with E-state index in [1.807, 2.05) is 31.2 Å². The van der Waals surface area contributed by atoms with Crippen molar-refractivity contribution in [3.05, 3.63) is 24.3 Å². The minimum Gasteiger partial charge on any atom is -0.395 e. The summed E-state index contributed by atoms with van der Waals surface area (Å²) in [7, 11) is 0. The second-order valence-electron chi connectivity index (χ2n) is 5.67. The summed E-state index contributed by atoms with van der Waals surface area (Å²) in [5.41, 5.74) is 1.40. The molecule has 1 fully saturated rings. The summed E-state index contributed by atoms with van der Waals surface area (Å²) in [6.07, 6.45) is 1.91. The lowest BCUT2D eigenvalue weighted by Crippen LogP contribution is -2.47. The Bertz CT molecular complexity index is 467. The SMILES string of the molecule is CCN(CCO)c1ccc(NC(=O)C2(C)CCCN2)cc1. The number of aliphatic hydroxyl groups excluding tert-OH is 1. The molecule has 1 saturated heterocycles. The minimum atomic E-state index is -0.453. The fourth-order valence-corrected chi connectivity index (χ4v) is 2.70. The van der Waals surface area contributed by atoms with Crippen molar-refractivity contribution in [1.82, 2.24) is 5.32 Å². The first-order valence-corrected chi connectivity index (χ1v) is 7.61. The molecule has 0 spiro atoms. The number of amides is 1. The first-order valence-electron chi connectivity index (χ1n) is 7.61. The van der Waals surface area contributed by atoms with Gasteiger partial charge in [-0.3, -0.25) is 4.79 Å². The predicted octanol–water partition coefficient (Wildman–Crippen LogP) is 1.59. The smallest absolute Gasteiger partial charge is 0.244 e. The van der Waals surface area contributed by atoms with Gasteiger partial charge in [0.1, 0.15) is 0 Å². The van der Waals surface area contributed by atoms with E-state index in [9.17, 15) is 4.79 Å². The van der Waals surface area contributed by atoms with E-state index in [1.54, 1.807) is 0 Å². The molecule has 5 heteroatoms. The lowest BCUT2D eigenvalue weighted by atomic mass is 9.99. The topological polar surface area (TPSA) is 64.6 Å². The molecule has 1 unspecified atom stereocenters. The Balaban J connectivity index is 2.00. The van der Waals surface area contributed by atoms with Gasteiger partial charge >= 0.3 is 0 Å². The highest BCUT2D eigenvalue weighted by Crippen LogP contribution is 2.22. The average Bonchev–Trinajstić information content (AvgIpc) is 2.94. The van der Waals surface area contributed by atoms with Crippen LogP contribution in [-0.4, -0.2) is 42.8 Å². The predicted molar refractivity (Wildman–Crippen MR) is 85.7 cm³/mol. The zero-order valence-electron chi connectivity index (χ0n) is 12.9. The Hall–Kier alpha value is -1.59. The van der Waals surface area contributed by atoms with Gasteiger partial charge in [-0.1, -0.05) is 0 Å². The lowest BCUT2D eigenvalue weighted by Gasteiger charge is -2.24. The number of nitrogens with zero attached hydrogens (tertiary/aromatic N) is 1. The standard InChI is InChI=1S/C16H25N3O2/c1-3-19(11-12-20)14-7-5-13(6-8-14)18-15(21)16(2)9-4-10-17-16/h5-8,17,20H,3-4,9-12H2,1-2H3,(H,18,21). The van der Waals surface area contributed by atoms with Crippen molar-refractivity contribution in [3.63, 3.8) is 0 Å². The van der Waals surface area contributed by atoms with Gasteiger partial charge in [0.05, 0.1) is 12.1 Å². The summed E-state index contributed by atoms with van der Waals surface area (Å²) in [5.74, 6) is 0.0236. The molecule has 1 aromatic carbocycles. The lowest BCUT2D eigenvalue weighted by molar-refractivity contribution is -0.121. The quantitative estimate of drug-likeness (QED) is 0.745. The zero-order valence-corrected chi connectivity index (χ0v) is 12.9. The number of nitrogens with one attached hydrogen (secondary N) is 2. The first kappa shape index (κ1) is 15.8. The molecule has 0 bridgehead atoms. The van der Waals surface area contributed by atoms with Crippen molar-refractivity contribution in [2.45, 2.75) is 32.2 Å². The van der Waals surface area contributed by atoms with Crippen LogP contribution in [0.25, 0.3) is 0 Å². The monoisotopic (exact) mass is 291 g/mol. The third-order valence-electron chi connectivity index (χ3n) is 4.11. The first-order chi connectivity index (χ1) is 10.1. The van der Waals surface area contributed by atoms with Crippen molar-refractivity contribution >= 4 is 17.3 Å². The fraction of sp³-hybridized carbons (Fsp3) is 0.562. The molecule has 21 heavy (non-hydrogen) atoms. The molecular weight excluding hydrogens is 266 g/mol. The van der Waals surface area contributed by atoms with Crippen molar-refractivity contribution in [1.29, 1.82) is 0 Å². The van der Waals surface area contributed by atoms with E-state index in [2.05, 4.69) is 22.5 Å². The van der Waals surface area contributed by atoms with Crippen molar-refractivity contribution < 1.29 is 9.90 Å². The number of carbonyl (C=O) groups is 1. The van der Waals surface area contributed by atoms with E-state index in [1.165, 1.54) is 0 Å². The third-order valence-corrected chi connectivity index (χ3v) is 4.11. The number of hydrogen-bond acceptors (Lipinski definition) is 4. The molecule has 0 aromatic heterocycles. The Morgan fingerprint density at radius 1 is 1.43 bits per heavy atom. The van der Waals surface area contributed by atoms with Crippen LogP contribution in [0.1, 0.15) is 26.7 Å². The summed E-state index contributed by atoms with van der Waals surface area (Å²) < 4.78 is 0. The van der Waals surface area contributed by atoms with E-state index in [4.69, 9.17) is 5.11 Å². The molecule has 1 aliphatic heterocycles. The Morgan fingerprint density at radius 3 is 2.67 bits per heavy atom. The van der Waals surface area contributed by atoms with Crippen LogP contribution in [0.5, 0.6) is 0 Å². The van der Waals surface area contributed by atoms with Gasteiger partial charge in [-0.25, -0.2) is 0 Å². The molecular formula is C16H25N3O2. The van der Waals surface area contributed by atoms with E-state index >= 15 is 0 Å². The fourth-order valence-electron chi connectivity index (χ4n) is 2.70. The Morgan fingerprint density at radius 2 is 2.14 bits per heavy atom. The minimum absolute atomic E-state index is 0.0236. The van der Waals surface area contributed by atoms with Crippen LogP contribution in [0.3, 0.4) is 0 Å². The van der Waals surface area contributed by atoms with Crippen LogP contribution in [-0.2, 0) is 4.79 Å². The van der Waals surface area contributed by atoms with Gasteiger partial charge in [0, 0.05) is 24.5 Å². The largest absolute Gasteiger partial charge is 0.395 e. The number of aliphatic hydroxyl groups is 1. The molecule has 5 nitrogen and oxygen atoms in total. The second-order valence-corrected chi connectivity index (χ2v) is 5.67. The molecule has 1 aliphatic rings. The van der Waals surface area contributed by atoms with E-state index in [0.717, 1.165) is 37.3 Å². The molecule has 0 aliphatic carbocycles. The van der Waals surface area contributed by atoms with Gasteiger partial charge in [0.2, 0.25) is 5.91 Å². The molecule has 1 atom stereocenters. The van der Waals surface area contributed by atoms with Crippen LogP contribution >= 0.6 is 0 Å². The summed E-state index contributed by atoms with van der Waals surface area (Å²) in [5, 5.41) is 15.3. The van der Waals surface area contributed by atoms with Gasteiger partial charge in [-0.05, 0) is 57.5 Å². The van der Waals surface area contributed by atoms with Gasteiger partial charge in [-0.15, -0.1) is 0 Å². The maximum atomic E-state index is 12.3. The van der Waals surface area contributed by atoms with Gasteiger partial charge < -0.3 is 20.6 Å². The van der Waals surface area contributed by atoms with Crippen LogP contribution in [0, 0.1) is 0 Å². The van der Waals surface area contributed by atoms with Crippen LogP contribution in [0.2, 0.25) is 0 Å². The summed E-state index contributed by atoms with van der Waals surface area (Å²) in [6.45, 7) is 6.49. The highest BCUT2D eigenvalue weighted by molar-refractivity contribution is 5.98. The highest BCUT2D eigenvalue weighted by atomic mass is 16.3. The number of anilines is 2. The molecule has 2 rings (SSSR count). The number of carbonyl (C=O) groups excluding carboxylic acids is 1. The van der Waals surface area contributed by atoms with Crippen LogP contribution < -0.4 is 15.5 Å². The number of rotatable bonds is 6. The van der Waals surface area contributed by atoms with Crippen LogP contribution in [0.4, 0.5) is 11.4 Å². The maximum Gasteiger partial charge on any atom is 0.244 e. The Labute approximate surface area is 126 Å². The Kier molecular flexibility index (Phi) is 5.20. The maximum absolute atomic E-state index is 12.3. The van der Waals surface area contributed by atoms with Gasteiger partial charge in [0.25, 0.3) is 0 Å². The van der Waals surface area contributed by atoms with E-state index < -0.39 is 5.54 Å². The van der Waals surface area contributed by atoms with Gasteiger partial charge in [0.15, 0.2) is 0 Å². The number of benzene rings is 1. The van der Waals surface area contributed by atoms with Crippen molar-refractivity contribution in [2.75, 3.05) is 36.5 Å². The highest BCUT2D eigenvalue weighted by Gasteiger charge is 2.35. The number of hydrogen-bond donors (Lipinski definition) is 3. The van der Waals surface area contributed by atoms with E-state index in [0.29, 0.717) is 6.54 Å². The summed E-state index contributed by atoms with van der Waals surface area (Å²) in [6, 6.07) is 7.76. The van der Waals surface area contributed by atoms with Gasteiger partial charge in [-0.2, -0.15) is 0 Å². The third kappa shape index (κ3) is 3.74. The van der Waals surface area contributed by atoms with Crippen molar-refractivity contribution in [2.24, 2.45) is 0 Å². The second kappa shape index (κ2) is 6.91. The molecule has 0 radical (unpaired) electrons. The molecule has 1 aromatic rings. The molecule has 1 heterocycles. The average molecular weight is 291 g/mol. The van der Waals surface area contributed by atoms with E-state index in [-0.39, 0.29) is 12.5 Å². The zero-order chi connectivity index (χ0) is 15.3.